The minimum absolute atomic E-state index is 0.181. The van der Waals surface area contributed by atoms with E-state index in [9.17, 15) is 24.3 Å². The minimum Gasteiger partial charge on any atom is -0.480 e. The fraction of sp³-hybridized carbons (Fsp3) is 0.630. The Hall–Kier alpha value is -3.30. The van der Waals surface area contributed by atoms with Crippen LogP contribution in [0.5, 0.6) is 0 Å². The number of aliphatic carboxylic acids is 1. The van der Waals surface area contributed by atoms with E-state index >= 15 is 0 Å². The van der Waals surface area contributed by atoms with E-state index in [1.807, 2.05) is 37.3 Å². The van der Waals surface area contributed by atoms with E-state index in [2.05, 4.69) is 15.5 Å². The van der Waals surface area contributed by atoms with Crippen LogP contribution in [0.3, 0.4) is 0 Å². The van der Waals surface area contributed by atoms with Crippen LogP contribution in [0.1, 0.15) is 64.4 Å². The van der Waals surface area contributed by atoms with Crippen molar-refractivity contribution in [1.82, 2.24) is 20.9 Å². The first-order chi connectivity index (χ1) is 19.6. The van der Waals surface area contributed by atoms with E-state index in [0.717, 1.165) is 5.56 Å². The fourth-order valence-corrected chi connectivity index (χ4v) is 4.54. The Morgan fingerprint density at radius 2 is 1.83 bits per heavy atom. The quantitative estimate of drug-likeness (QED) is 0.0736. The molecule has 0 radical (unpaired) electrons. The van der Waals surface area contributed by atoms with Gasteiger partial charge in [0, 0.05) is 20.0 Å². The number of aryl methyl sites for hydroxylation is 1. The van der Waals surface area contributed by atoms with E-state index in [1.54, 1.807) is 0 Å². The zero-order valence-electron chi connectivity index (χ0n) is 23.6. The predicted octanol–water partition coefficient (Wildman–Crippen LogP) is 2.23. The van der Waals surface area contributed by atoms with Crippen molar-refractivity contribution in [3.8, 4) is 0 Å². The number of rotatable bonds is 18. The smallest absolute Gasteiger partial charge is 0.409 e. The monoisotopic (exact) mass is 582 g/mol. The summed E-state index contributed by atoms with van der Waals surface area (Å²) in [6, 6.07) is 6.88. The molecule has 0 bridgehead atoms. The number of likely N-dealkylation sites (tertiary alicyclic amines) is 1. The Labute approximate surface area is 239 Å². The highest BCUT2D eigenvalue weighted by Crippen LogP contribution is 2.21. The molecule has 0 saturated carbocycles. The molecule has 14 heteroatoms. The Morgan fingerprint density at radius 3 is 2.49 bits per heavy atom. The number of carbonyl (C=O) groups is 4. The van der Waals surface area contributed by atoms with Crippen LogP contribution in [0.2, 0.25) is 0 Å². The van der Waals surface area contributed by atoms with Gasteiger partial charge in [0.25, 0.3) is 0 Å². The number of esters is 1. The molecule has 0 spiro atoms. The van der Waals surface area contributed by atoms with Crippen molar-refractivity contribution < 1.29 is 49.0 Å². The van der Waals surface area contributed by atoms with Crippen molar-refractivity contribution in [2.24, 2.45) is 0 Å². The van der Waals surface area contributed by atoms with Crippen LogP contribution in [0.4, 0.5) is 4.79 Å². The van der Waals surface area contributed by atoms with Gasteiger partial charge < -0.3 is 24.8 Å². The molecule has 1 fully saturated rings. The van der Waals surface area contributed by atoms with E-state index in [0.29, 0.717) is 45.1 Å². The molecule has 0 aromatic heterocycles. The molecule has 1 aliphatic heterocycles. The zero-order chi connectivity index (χ0) is 30.2. The highest BCUT2D eigenvalue weighted by molar-refractivity contribution is 5.88. The summed E-state index contributed by atoms with van der Waals surface area (Å²) in [6.07, 6.45) is 1.59. The normalized spacial score (nSPS) is 17.1. The molecule has 41 heavy (non-hydrogen) atoms. The number of carboxylic acid groups (broad SMARTS) is 1. The molecule has 1 heterocycles. The number of ether oxygens (including phenoxy) is 2. The van der Waals surface area contributed by atoms with Gasteiger partial charge in [0.1, 0.15) is 12.1 Å². The van der Waals surface area contributed by atoms with Gasteiger partial charge in [-0.25, -0.2) is 14.4 Å². The first-order valence-electron chi connectivity index (χ1n) is 13.9. The number of carbonyl (C=O) groups excluding carboxylic acids is 3. The molecule has 1 saturated heterocycles. The summed E-state index contributed by atoms with van der Waals surface area (Å²) in [4.78, 5) is 56.0. The maximum atomic E-state index is 13.7. The van der Waals surface area contributed by atoms with Gasteiger partial charge in [0.05, 0.1) is 18.0 Å². The largest absolute Gasteiger partial charge is 0.480 e. The average molecular weight is 583 g/mol. The third-order valence-electron chi connectivity index (χ3n) is 6.52. The van der Waals surface area contributed by atoms with Gasteiger partial charge in [-0.2, -0.15) is 0 Å². The number of unbranched alkanes of at least 4 members (excludes halogenated alkanes) is 1. The summed E-state index contributed by atoms with van der Waals surface area (Å²) < 4.78 is 10.1. The maximum absolute atomic E-state index is 13.7. The van der Waals surface area contributed by atoms with E-state index in [4.69, 9.17) is 19.9 Å². The van der Waals surface area contributed by atoms with Gasteiger partial charge in [0.2, 0.25) is 12.2 Å². The van der Waals surface area contributed by atoms with Crippen molar-refractivity contribution >= 4 is 23.9 Å². The molecule has 1 aliphatic rings. The van der Waals surface area contributed by atoms with Gasteiger partial charge in [-0.3, -0.25) is 25.3 Å². The van der Waals surface area contributed by atoms with Crippen LogP contribution in [0, 0.1) is 0 Å². The summed E-state index contributed by atoms with van der Waals surface area (Å²) >= 11 is 0. The zero-order valence-corrected chi connectivity index (χ0v) is 23.6. The number of benzene rings is 1. The summed E-state index contributed by atoms with van der Waals surface area (Å²) in [5.41, 5.74) is 0.977. The number of hydrogen-bond donors (Lipinski definition) is 5. The van der Waals surface area contributed by atoms with Crippen molar-refractivity contribution in [3.63, 3.8) is 0 Å². The third kappa shape index (κ3) is 12.4. The van der Waals surface area contributed by atoms with Crippen LogP contribution < -0.4 is 10.6 Å². The summed E-state index contributed by atoms with van der Waals surface area (Å²) in [6.45, 7) is 3.98. The molecule has 2 rings (SSSR count). The third-order valence-corrected chi connectivity index (χ3v) is 6.52. The summed E-state index contributed by atoms with van der Waals surface area (Å²) in [7, 11) is 0. The molecule has 0 aliphatic carbocycles. The molecule has 4 unspecified atom stereocenters. The van der Waals surface area contributed by atoms with E-state index < -0.39 is 47.8 Å². The second-order valence-electron chi connectivity index (χ2n) is 9.75. The Kier molecular flexibility index (Phi) is 15.0. The second-order valence-corrected chi connectivity index (χ2v) is 9.75. The topological polar surface area (TPSA) is 187 Å². The van der Waals surface area contributed by atoms with Gasteiger partial charge in [0.15, 0.2) is 0 Å². The number of nitrogens with one attached hydrogen (secondary N) is 2. The standard InChI is InChI=1S/C27H42N4O10/c1-3-18-39-26(35)23-13-9-17-30(23)24(32)21(12-7-8-16-28-27(36)40-19(2)41-31(37)38)29-22(25(33)34)15-14-20-10-5-4-6-11-20/h4-6,10-11,19,21-23,29,37-38H,3,7-9,12-18H2,1-2H3,(H,28,36)(H,33,34). The molecule has 2 amide bonds. The highest BCUT2D eigenvalue weighted by atomic mass is 17.1. The number of alkyl carbamates (subject to hydrolysis) is 1. The average Bonchev–Trinajstić information content (AvgIpc) is 3.42. The van der Waals surface area contributed by atoms with Crippen LogP contribution in [0.15, 0.2) is 30.3 Å². The lowest BCUT2D eigenvalue weighted by molar-refractivity contribution is -0.518. The van der Waals surface area contributed by atoms with Crippen molar-refractivity contribution in [3.05, 3.63) is 35.9 Å². The Morgan fingerprint density at radius 1 is 1.10 bits per heavy atom. The van der Waals surface area contributed by atoms with Gasteiger partial charge in [-0.1, -0.05) is 37.3 Å². The molecule has 4 atom stereocenters. The van der Waals surface area contributed by atoms with Crippen LogP contribution in [-0.4, -0.2) is 93.9 Å². The SMILES string of the molecule is CCCOC(=O)C1CCCN1C(=O)C(CCCCNC(=O)OC(C)ON(O)O)NC(CCc1ccccc1)C(=O)O. The van der Waals surface area contributed by atoms with Crippen molar-refractivity contribution in [1.29, 1.82) is 0 Å². The van der Waals surface area contributed by atoms with Crippen LogP contribution in [0.25, 0.3) is 0 Å². The maximum Gasteiger partial charge on any atom is 0.409 e. The van der Waals surface area contributed by atoms with E-state index in [-0.39, 0.29) is 31.9 Å². The molecule has 5 N–H and O–H groups in total. The molecular weight excluding hydrogens is 540 g/mol. The highest BCUT2D eigenvalue weighted by Gasteiger charge is 2.39. The van der Waals surface area contributed by atoms with E-state index in [1.165, 1.54) is 11.8 Å². The van der Waals surface area contributed by atoms with Gasteiger partial charge >= 0.3 is 18.0 Å². The lowest BCUT2D eigenvalue weighted by Crippen LogP contribution is -2.54. The second kappa shape index (κ2) is 18.2. The lowest BCUT2D eigenvalue weighted by atomic mass is 10.0. The van der Waals surface area contributed by atoms with Crippen molar-refractivity contribution in [2.75, 3.05) is 19.7 Å². The molecule has 230 valence electrons. The fourth-order valence-electron chi connectivity index (χ4n) is 4.54. The molecule has 1 aromatic rings. The van der Waals surface area contributed by atoms with Crippen molar-refractivity contribution in [2.45, 2.75) is 89.6 Å². The minimum atomic E-state index is -1.25. The van der Waals surface area contributed by atoms with Gasteiger partial charge in [-0.05, 0) is 56.9 Å². The summed E-state index contributed by atoms with van der Waals surface area (Å²) in [5.74, 6) is -1.89. The Bertz CT molecular complexity index is 965. The van der Waals surface area contributed by atoms with Gasteiger partial charge in [-0.15, -0.1) is 0 Å². The molecule has 1 aromatic carbocycles. The Balaban J connectivity index is 2.02. The lowest BCUT2D eigenvalue weighted by Gasteiger charge is -2.30. The number of carboxylic acids is 1. The molecule has 14 nitrogen and oxygen atoms in total. The predicted molar refractivity (Wildman–Crippen MR) is 143 cm³/mol. The summed E-state index contributed by atoms with van der Waals surface area (Å²) in [5, 5.41) is 32.0. The number of hydrogen-bond acceptors (Lipinski definition) is 11. The first kappa shape index (κ1) is 33.9. The molecular formula is C27H42N4O10. The first-order valence-corrected chi connectivity index (χ1v) is 13.9. The van der Waals surface area contributed by atoms with Crippen LogP contribution in [-0.2, 0) is 35.1 Å². The number of nitrogens with zero attached hydrogens (tertiary/aromatic N) is 2. The van der Waals surface area contributed by atoms with Crippen LogP contribution >= 0.6 is 0 Å². The number of amides is 2.